The van der Waals surface area contributed by atoms with Crippen molar-refractivity contribution in [2.45, 2.75) is 24.9 Å². The van der Waals surface area contributed by atoms with Gasteiger partial charge in [-0.05, 0) is 25.0 Å². The molecule has 3 fully saturated rings. The van der Waals surface area contributed by atoms with Crippen molar-refractivity contribution in [3.8, 4) is 5.19 Å². The SMILES string of the molecule is O=C1C=CC(=O)OC2(O1)C(Oc1nc3ccccc3s1)C1CCN2CC1. The fourth-order valence-corrected chi connectivity index (χ4v) is 4.78. The summed E-state index contributed by atoms with van der Waals surface area (Å²) in [5, 5.41) is 0.480. The number of thiazole rings is 1. The molecule has 4 aliphatic rings. The zero-order valence-corrected chi connectivity index (χ0v) is 14.6. The van der Waals surface area contributed by atoms with Crippen molar-refractivity contribution in [1.29, 1.82) is 0 Å². The van der Waals surface area contributed by atoms with Crippen LogP contribution in [0.1, 0.15) is 12.8 Å². The van der Waals surface area contributed by atoms with E-state index in [1.165, 1.54) is 11.3 Å². The van der Waals surface area contributed by atoms with Crippen LogP contribution in [0.25, 0.3) is 10.2 Å². The molecule has 0 aliphatic carbocycles. The molecule has 1 unspecified atom stereocenters. The fraction of sp³-hybridized carbons (Fsp3) is 0.389. The van der Waals surface area contributed by atoms with Crippen molar-refractivity contribution >= 4 is 33.5 Å². The van der Waals surface area contributed by atoms with Gasteiger partial charge in [-0.1, -0.05) is 23.5 Å². The predicted molar refractivity (Wildman–Crippen MR) is 92.4 cm³/mol. The third-order valence-corrected chi connectivity index (χ3v) is 6.05. The number of fused-ring (bicyclic) bond motifs is 3. The minimum atomic E-state index is -1.53. The lowest BCUT2D eigenvalue weighted by atomic mass is 9.82. The molecule has 0 saturated carbocycles. The first-order chi connectivity index (χ1) is 12.6. The first-order valence-electron chi connectivity index (χ1n) is 8.55. The standard InChI is InChI=1S/C18H16N2O5S/c21-14-5-6-15(22)25-18(24-14)16(11-7-9-20(18)10-8-11)23-17-19-12-3-1-2-4-13(12)26-17/h1-6,11,16H,7-10H2. The largest absolute Gasteiger partial charge is 0.456 e. The maximum absolute atomic E-state index is 12.1. The maximum atomic E-state index is 12.1. The monoisotopic (exact) mass is 372 g/mol. The van der Waals surface area contributed by atoms with Crippen molar-refractivity contribution < 1.29 is 23.8 Å². The minimum Gasteiger partial charge on any atom is -0.456 e. The molecular weight excluding hydrogens is 356 g/mol. The van der Waals surface area contributed by atoms with E-state index in [1.54, 1.807) is 0 Å². The predicted octanol–water partition coefficient (Wildman–Crippen LogP) is 2.08. The summed E-state index contributed by atoms with van der Waals surface area (Å²) < 4.78 is 18.4. The smallest absolute Gasteiger partial charge is 0.359 e. The average Bonchev–Trinajstić information content (AvgIpc) is 2.99. The van der Waals surface area contributed by atoms with Crippen LogP contribution in [0.3, 0.4) is 0 Å². The Morgan fingerprint density at radius 3 is 2.50 bits per heavy atom. The molecule has 1 spiro atoms. The second-order valence-corrected chi connectivity index (χ2v) is 7.61. The lowest BCUT2D eigenvalue weighted by molar-refractivity contribution is -0.348. The number of esters is 2. The van der Waals surface area contributed by atoms with Gasteiger partial charge in [0.05, 0.1) is 10.2 Å². The third-order valence-electron chi connectivity index (χ3n) is 5.12. The van der Waals surface area contributed by atoms with E-state index in [0.29, 0.717) is 18.3 Å². The zero-order chi connectivity index (χ0) is 17.7. The number of piperidine rings is 3. The molecule has 2 bridgehead atoms. The molecule has 4 aliphatic heterocycles. The second-order valence-electron chi connectivity index (χ2n) is 6.62. The molecule has 3 saturated heterocycles. The van der Waals surface area contributed by atoms with E-state index >= 15 is 0 Å². The summed E-state index contributed by atoms with van der Waals surface area (Å²) >= 11 is 1.42. The maximum Gasteiger partial charge on any atom is 0.359 e. The Kier molecular flexibility index (Phi) is 3.51. The van der Waals surface area contributed by atoms with Gasteiger partial charge in [0, 0.05) is 31.2 Å². The van der Waals surface area contributed by atoms with Crippen LogP contribution in [0.2, 0.25) is 0 Å². The molecule has 0 radical (unpaired) electrons. The van der Waals surface area contributed by atoms with E-state index in [4.69, 9.17) is 14.2 Å². The summed E-state index contributed by atoms with van der Waals surface area (Å²) in [6, 6.07) is 7.76. The molecule has 26 heavy (non-hydrogen) atoms. The highest BCUT2D eigenvalue weighted by molar-refractivity contribution is 7.20. The minimum absolute atomic E-state index is 0.116. The quantitative estimate of drug-likeness (QED) is 0.747. The Morgan fingerprint density at radius 1 is 1.12 bits per heavy atom. The number of nitrogens with zero attached hydrogens (tertiary/aromatic N) is 2. The van der Waals surface area contributed by atoms with Crippen molar-refractivity contribution in [3.63, 3.8) is 0 Å². The van der Waals surface area contributed by atoms with Gasteiger partial charge in [0.15, 0.2) is 6.10 Å². The van der Waals surface area contributed by atoms with Crippen molar-refractivity contribution in [2.24, 2.45) is 5.92 Å². The highest BCUT2D eigenvalue weighted by Crippen LogP contribution is 2.44. The van der Waals surface area contributed by atoms with E-state index in [-0.39, 0.29) is 5.92 Å². The Morgan fingerprint density at radius 2 is 1.81 bits per heavy atom. The Bertz CT molecular complexity index is 862. The van der Waals surface area contributed by atoms with E-state index in [1.807, 2.05) is 29.2 Å². The van der Waals surface area contributed by atoms with E-state index < -0.39 is 24.0 Å². The lowest BCUT2D eigenvalue weighted by Crippen LogP contribution is -2.71. The molecule has 5 heterocycles. The first-order valence-corrected chi connectivity index (χ1v) is 9.37. The topological polar surface area (TPSA) is 78.0 Å². The van der Waals surface area contributed by atoms with Crippen LogP contribution in [-0.4, -0.2) is 46.9 Å². The molecule has 0 N–H and O–H groups in total. The van der Waals surface area contributed by atoms with Crippen LogP contribution in [0.15, 0.2) is 36.4 Å². The molecule has 1 aromatic carbocycles. The molecule has 1 atom stereocenters. The molecule has 2 aromatic rings. The van der Waals surface area contributed by atoms with Gasteiger partial charge in [0.2, 0.25) is 0 Å². The molecule has 0 amide bonds. The van der Waals surface area contributed by atoms with Gasteiger partial charge >= 0.3 is 17.8 Å². The van der Waals surface area contributed by atoms with Crippen molar-refractivity contribution in [1.82, 2.24) is 9.88 Å². The van der Waals surface area contributed by atoms with Crippen LogP contribution in [0.5, 0.6) is 5.19 Å². The highest BCUT2D eigenvalue weighted by Gasteiger charge is 2.62. The number of rotatable bonds is 2. The number of hydrogen-bond acceptors (Lipinski definition) is 8. The normalized spacial score (nSPS) is 29.5. The van der Waals surface area contributed by atoms with E-state index in [9.17, 15) is 9.59 Å². The number of carbonyl (C=O) groups excluding carboxylic acids is 2. The van der Waals surface area contributed by atoms with Crippen molar-refractivity contribution in [3.05, 3.63) is 36.4 Å². The Balaban J connectivity index is 1.54. The average molecular weight is 372 g/mol. The molecule has 6 rings (SSSR count). The van der Waals surface area contributed by atoms with Crippen LogP contribution in [0, 0.1) is 5.92 Å². The number of aromatic nitrogens is 1. The molecule has 7 nitrogen and oxygen atoms in total. The number of carbonyl (C=O) groups is 2. The number of ether oxygens (including phenoxy) is 3. The van der Waals surface area contributed by atoms with Crippen LogP contribution in [-0.2, 0) is 19.1 Å². The summed E-state index contributed by atoms with van der Waals surface area (Å²) in [5.74, 6) is -2.63. The van der Waals surface area contributed by atoms with Gasteiger partial charge in [-0.15, -0.1) is 0 Å². The van der Waals surface area contributed by atoms with Crippen LogP contribution >= 0.6 is 11.3 Å². The van der Waals surface area contributed by atoms with E-state index in [2.05, 4.69) is 4.98 Å². The van der Waals surface area contributed by atoms with Gasteiger partial charge in [-0.25, -0.2) is 19.5 Å². The lowest BCUT2D eigenvalue weighted by Gasteiger charge is -2.54. The molecule has 134 valence electrons. The third kappa shape index (κ3) is 2.40. The molecule has 1 aromatic heterocycles. The summed E-state index contributed by atoms with van der Waals surface area (Å²) in [6.07, 6.45) is 3.35. The van der Waals surface area contributed by atoms with Gasteiger partial charge in [-0.3, -0.25) is 0 Å². The summed E-state index contributed by atoms with van der Waals surface area (Å²) in [7, 11) is 0. The first kappa shape index (κ1) is 15.8. The summed E-state index contributed by atoms with van der Waals surface area (Å²) in [5.41, 5.74) is 0.847. The Hall–Kier alpha value is -2.45. The fourth-order valence-electron chi connectivity index (χ4n) is 3.93. The number of hydrogen-bond donors (Lipinski definition) is 0. The highest BCUT2D eigenvalue weighted by atomic mass is 32.1. The summed E-state index contributed by atoms with van der Waals surface area (Å²) in [6.45, 7) is 1.37. The van der Waals surface area contributed by atoms with Crippen molar-refractivity contribution in [2.75, 3.05) is 13.1 Å². The van der Waals surface area contributed by atoms with Gasteiger partial charge < -0.3 is 14.2 Å². The number of para-hydroxylation sites is 1. The molecule has 8 heteroatoms. The van der Waals surface area contributed by atoms with Gasteiger partial charge in [0.1, 0.15) is 0 Å². The Labute approximate surface area is 153 Å². The second kappa shape index (κ2) is 5.78. The molecular formula is C18H16N2O5S. The van der Waals surface area contributed by atoms with Gasteiger partial charge in [0.25, 0.3) is 5.19 Å². The van der Waals surface area contributed by atoms with Gasteiger partial charge in [-0.2, -0.15) is 0 Å². The van der Waals surface area contributed by atoms with E-state index in [0.717, 1.165) is 35.2 Å². The zero-order valence-electron chi connectivity index (χ0n) is 13.8. The number of benzene rings is 1. The van der Waals surface area contributed by atoms with Crippen LogP contribution in [0.4, 0.5) is 0 Å². The van der Waals surface area contributed by atoms with Crippen LogP contribution < -0.4 is 4.74 Å². The summed E-state index contributed by atoms with van der Waals surface area (Å²) in [4.78, 5) is 30.6.